The predicted molar refractivity (Wildman–Crippen MR) is 113 cm³/mol. The van der Waals surface area contributed by atoms with Gasteiger partial charge in [0.25, 0.3) is 0 Å². The first-order valence-corrected chi connectivity index (χ1v) is 10.4. The van der Waals surface area contributed by atoms with Crippen molar-refractivity contribution in [2.75, 3.05) is 13.1 Å². The van der Waals surface area contributed by atoms with E-state index in [1.54, 1.807) is 12.1 Å². The summed E-state index contributed by atoms with van der Waals surface area (Å²) in [6.45, 7) is 2.34. The molecule has 0 radical (unpaired) electrons. The van der Waals surface area contributed by atoms with E-state index in [-0.39, 0.29) is 11.7 Å². The maximum Gasteiger partial charge on any atom is 0.220 e. The lowest BCUT2D eigenvalue weighted by atomic mass is 9.81. The molecular formula is C24H26FN3O2. The number of hydrogen-bond donors (Lipinski definition) is 2. The molecule has 0 spiro atoms. The van der Waals surface area contributed by atoms with Crippen molar-refractivity contribution in [3.63, 3.8) is 0 Å². The molecular weight excluding hydrogens is 381 g/mol. The quantitative estimate of drug-likeness (QED) is 0.622. The third-order valence-electron chi connectivity index (χ3n) is 5.70. The Morgan fingerprint density at radius 2 is 1.93 bits per heavy atom. The van der Waals surface area contributed by atoms with Gasteiger partial charge in [0.2, 0.25) is 5.91 Å². The van der Waals surface area contributed by atoms with Crippen molar-refractivity contribution in [3.8, 4) is 11.3 Å². The van der Waals surface area contributed by atoms with Gasteiger partial charge in [-0.1, -0.05) is 35.5 Å². The van der Waals surface area contributed by atoms with Crippen molar-refractivity contribution >= 4 is 5.91 Å². The average Bonchev–Trinajstić information content (AvgIpc) is 3.23. The Bertz CT molecular complexity index is 956. The van der Waals surface area contributed by atoms with E-state index in [2.05, 4.69) is 15.8 Å². The Morgan fingerprint density at radius 3 is 2.73 bits per heavy atom. The van der Waals surface area contributed by atoms with Crippen molar-refractivity contribution in [1.82, 2.24) is 15.8 Å². The smallest absolute Gasteiger partial charge is 0.220 e. The molecule has 1 aliphatic rings. The van der Waals surface area contributed by atoms with E-state index in [0.29, 0.717) is 30.6 Å². The fourth-order valence-electron chi connectivity index (χ4n) is 4.02. The minimum Gasteiger partial charge on any atom is -0.356 e. The summed E-state index contributed by atoms with van der Waals surface area (Å²) in [5, 5.41) is 10.7. The molecule has 5 nitrogen and oxygen atoms in total. The van der Waals surface area contributed by atoms with E-state index in [0.717, 1.165) is 42.8 Å². The molecule has 30 heavy (non-hydrogen) atoms. The standard InChI is InChI=1S/C24H26FN3O2/c25-21-8-6-18(7-9-21)23-14-22(28-30-23)12-20-16-26-11-10-19(20)13-24(29)27-15-17-4-2-1-3-5-17/h1-9,14,19-20,26H,10-13,15-16H2,(H,27,29)/t19-,20-/m0/s1. The Labute approximate surface area is 175 Å². The van der Waals surface area contributed by atoms with Crippen LogP contribution in [0.1, 0.15) is 24.1 Å². The van der Waals surface area contributed by atoms with E-state index < -0.39 is 0 Å². The molecule has 3 aromatic rings. The van der Waals surface area contributed by atoms with Crippen LogP contribution in [-0.4, -0.2) is 24.2 Å². The number of halogens is 1. The highest BCUT2D eigenvalue weighted by Gasteiger charge is 2.28. The van der Waals surface area contributed by atoms with Crippen LogP contribution in [0.5, 0.6) is 0 Å². The Balaban J connectivity index is 1.34. The normalized spacial score (nSPS) is 18.8. The van der Waals surface area contributed by atoms with E-state index in [1.807, 2.05) is 36.4 Å². The molecule has 0 aliphatic carbocycles. The highest BCUT2D eigenvalue weighted by atomic mass is 19.1. The van der Waals surface area contributed by atoms with Crippen molar-refractivity contribution in [2.24, 2.45) is 11.8 Å². The number of hydrogen-bond acceptors (Lipinski definition) is 4. The zero-order valence-electron chi connectivity index (χ0n) is 16.8. The second kappa shape index (κ2) is 9.67. The van der Waals surface area contributed by atoms with Gasteiger partial charge in [-0.15, -0.1) is 0 Å². The van der Waals surface area contributed by atoms with Crippen molar-refractivity contribution in [2.45, 2.75) is 25.8 Å². The van der Waals surface area contributed by atoms with Crippen LogP contribution in [0, 0.1) is 17.7 Å². The van der Waals surface area contributed by atoms with Crippen LogP contribution in [0.3, 0.4) is 0 Å². The first-order chi connectivity index (χ1) is 14.7. The highest BCUT2D eigenvalue weighted by Crippen LogP contribution is 2.28. The molecule has 6 heteroatoms. The lowest BCUT2D eigenvalue weighted by molar-refractivity contribution is -0.122. The summed E-state index contributed by atoms with van der Waals surface area (Å²) < 4.78 is 18.6. The van der Waals surface area contributed by atoms with Gasteiger partial charge in [-0.25, -0.2) is 4.39 Å². The van der Waals surface area contributed by atoms with Crippen LogP contribution in [0.2, 0.25) is 0 Å². The van der Waals surface area contributed by atoms with Gasteiger partial charge in [-0.2, -0.15) is 0 Å². The second-order valence-electron chi connectivity index (χ2n) is 7.87. The number of aromatic nitrogens is 1. The summed E-state index contributed by atoms with van der Waals surface area (Å²) in [6, 6.07) is 18.0. The molecule has 2 heterocycles. The summed E-state index contributed by atoms with van der Waals surface area (Å²) in [4.78, 5) is 12.5. The number of piperidine rings is 1. The molecule has 156 valence electrons. The molecule has 1 aromatic heterocycles. The van der Waals surface area contributed by atoms with Gasteiger partial charge in [-0.3, -0.25) is 4.79 Å². The van der Waals surface area contributed by atoms with Gasteiger partial charge in [0.1, 0.15) is 5.82 Å². The minimum atomic E-state index is -0.278. The topological polar surface area (TPSA) is 67.2 Å². The number of benzene rings is 2. The second-order valence-corrected chi connectivity index (χ2v) is 7.87. The molecule has 1 saturated heterocycles. The molecule has 2 aromatic carbocycles. The number of rotatable bonds is 7. The maximum absolute atomic E-state index is 13.1. The van der Waals surface area contributed by atoms with E-state index in [1.165, 1.54) is 12.1 Å². The van der Waals surface area contributed by atoms with Gasteiger partial charge >= 0.3 is 0 Å². The molecule has 0 saturated carbocycles. The minimum absolute atomic E-state index is 0.0860. The molecule has 2 atom stereocenters. The lowest BCUT2D eigenvalue weighted by Gasteiger charge is -2.31. The molecule has 1 aliphatic heterocycles. The molecule has 2 N–H and O–H groups in total. The maximum atomic E-state index is 13.1. The monoisotopic (exact) mass is 407 g/mol. The lowest BCUT2D eigenvalue weighted by Crippen LogP contribution is -2.40. The van der Waals surface area contributed by atoms with Crippen LogP contribution < -0.4 is 10.6 Å². The Hall–Kier alpha value is -2.99. The SMILES string of the molecule is O=C(C[C@@H]1CCNC[C@@H]1Cc1cc(-c2ccc(F)cc2)on1)NCc1ccccc1. The first kappa shape index (κ1) is 20.3. The van der Waals surface area contributed by atoms with Crippen molar-refractivity contribution in [1.29, 1.82) is 0 Å². The van der Waals surface area contributed by atoms with Crippen LogP contribution in [0.25, 0.3) is 11.3 Å². The number of nitrogens with zero attached hydrogens (tertiary/aromatic N) is 1. The zero-order chi connectivity index (χ0) is 20.8. The number of nitrogens with one attached hydrogen (secondary N) is 2. The summed E-state index contributed by atoms with van der Waals surface area (Å²) in [7, 11) is 0. The van der Waals surface area contributed by atoms with Gasteiger partial charge in [0.05, 0.1) is 5.69 Å². The van der Waals surface area contributed by atoms with E-state index in [4.69, 9.17) is 4.52 Å². The number of amides is 1. The average molecular weight is 407 g/mol. The molecule has 1 amide bonds. The van der Waals surface area contributed by atoms with Crippen LogP contribution >= 0.6 is 0 Å². The number of carbonyl (C=O) groups excluding carboxylic acids is 1. The fraction of sp³-hybridized carbons (Fsp3) is 0.333. The van der Waals surface area contributed by atoms with Gasteiger partial charge in [0, 0.05) is 24.6 Å². The third kappa shape index (κ3) is 5.33. The van der Waals surface area contributed by atoms with Crippen LogP contribution in [-0.2, 0) is 17.8 Å². The van der Waals surface area contributed by atoms with E-state index in [9.17, 15) is 9.18 Å². The summed E-state index contributed by atoms with van der Waals surface area (Å²) >= 11 is 0. The zero-order valence-corrected chi connectivity index (χ0v) is 16.8. The molecule has 0 unspecified atom stereocenters. The van der Waals surface area contributed by atoms with Gasteiger partial charge in [-0.05, 0) is 67.6 Å². The molecule has 4 rings (SSSR count). The molecule has 1 fully saturated rings. The summed E-state index contributed by atoms with van der Waals surface area (Å²) in [6.07, 6.45) is 2.22. The highest BCUT2D eigenvalue weighted by molar-refractivity contribution is 5.76. The Morgan fingerprint density at radius 1 is 1.13 bits per heavy atom. The third-order valence-corrected chi connectivity index (χ3v) is 5.70. The van der Waals surface area contributed by atoms with Gasteiger partial charge in [0.15, 0.2) is 5.76 Å². The van der Waals surface area contributed by atoms with Crippen LogP contribution in [0.15, 0.2) is 65.2 Å². The fourth-order valence-corrected chi connectivity index (χ4v) is 4.02. The first-order valence-electron chi connectivity index (χ1n) is 10.4. The summed E-state index contributed by atoms with van der Waals surface area (Å²) in [5.41, 5.74) is 2.76. The van der Waals surface area contributed by atoms with Crippen molar-refractivity contribution in [3.05, 3.63) is 77.7 Å². The van der Waals surface area contributed by atoms with Gasteiger partial charge < -0.3 is 15.2 Å². The molecule has 0 bridgehead atoms. The van der Waals surface area contributed by atoms with Crippen molar-refractivity contribution < 1.29 is 13.7 Å². The van der Waals surface area contributed by atoms with E-state index >= 15 is 0 Å². The Kier molecular flexibility index (Phi) is 6.54. The van der Waals surface area contributed by atoms with Crippen LogP contribution in [0.4, 0.5) is 4.39 Å². The largest absolute Gasteiger partial charge is 0.356 e. The predicted octanol–water partition coefficient (Wildman–Crippen LogP) is 3.96. The summed E-state index contributed by atoms with van der Waals surface area (Å²) in [5.74, 6) is 1.05. The number of carbonyl (C=O) groups is 1.